The number of ether oxygens (including phenoxy) is 2. The van der Waals surface area contributed by atoms with Gasteiger partial charge in [0.15, 0.2) is 11.5 Å². The number of aryl methyl sites for hydroxylation is 1. The fraction of sp³-hybridized carbons (Fsp3) is 0.440. The molecule has 0 atom stereocenters. The minimum Gasteiger partial charge on any atom is -0.489 e. The number of halogens is 1. The summed E-state index contributed by atoms with van der Waals surface area (Å²) in [4.78, 5) is 3.50. The van der Waals surface area contributed by atoms with Gasteiger partial charge >= 0.3 is 0 Å². The summed E-state index contributed by atoms with van der Waals surface area (Å²) in [5, 5.41) is 4.98. The topological polar surface area (TPSA) is 46.3 Å². The summed E-state index contributed by atoms with van der Waals surface area (Å²) in [6.07, 6.45) is 3.54. The Balaban J connectivity index is 0.00000256. The number of aromatic nitrogens is 1. The van der Waals surface area contributed by atoms with Crippen molar-refractivity contribution < 1.29 is 9.47 Å². The van der Waals surface area contributed by atoms with E-state index in [0.717, 1.165) is 37.0 Å². The zero-order valence-electron chi connectivity index (χ0n) is 18.2. The Kier molecular flexibility index (Phi) is 7.32. The highest BCUT2D eigenvalue weighted by atomic mass is 35.5. The molecular formula is C25H33ClN2O2. The maximum Gasteiger partial charge on any atom is 0.161 e. The van der Waals surface area contributed by atoms with E-state index in [1.54, 1.807) is 0 Å². The van der Waals surface area contributed by atoms with Gasteiger partial charge < -0.3 is 19.8 Å². The van der Waals surface area contributed by atoms with Crippen LogP contribution >= 0.6 is 12.4 Å². The van der Waals surface area contributed by atoms with E-state index in [4.69, 9.17) is 9.47 Å². The van der Waals surface area contributed by atoms with Crippen LogP contribution in [0.4, 0.5) is 0 Å². The van der Waals surface area contributed by atoms with Crippen molar-refractivity contribution >= 4 is 23.3 Å². The molecule has 1 saturated carbocycles. The van der Waals surface area contributed by atoms with Crippen LogP contribution in [-0.2, 0) is 6.42 Å². The summed E-state index contributed by atoms with van der Waals surface area (Å²) >= 11 is 0. The molecule has 4 rings (SSSR count). The molecule has 0 unspecified atom stereocenters. The van der Waals surface area contributed by atoms with Crippen LogP contribution in [0.15, 0.2) is 48.5 Å². The molecule has 4 nitrogen and oxygen atoms in total. The van der Waals surface area contributed by atoms with Crippen LogP contribution in [0.2, 0.25) is 0 Å². The maximum absolute atomic E-state index is 6.02. The normalized spacial score (nSPS) is 13.8. The smallest absolute Gasteiger partial charge is 0.161 e. The average molecular weight is 429 g/mol. The SMILES string of the molecule is Cc1[nH]c2ccccc2c1CC(C)(C)NCCOc1ccccc1OCC1CC1.Cl. The number of hydrogen-bond donors (Lipinski definition) is 2. The lowest BCUT2D eigenvalue weighted by atomic mass is 9.93. The summed E-state index contributed by atoms with van der Waals surface area (Å²) in [7, 11) is 0. The van der Waals surface area contributed by atoms with Gasteiger partial charge in [0.2, 0.25) is 0 Å². The van der Waals surface area contributed by atoms with Crippen LogP contribution in [0.5, 0.6) is 11.5 Å². The van der Waals surface area contributed by atoms with Gasteiger partial charge in [0.25, 0.3) is 0 Å². The number of rotatable bonds is 10. The van der Waals surface area contributed by atoms with Gasteiger partial charge in [-0.15, -0.1) is 12.4 Å². The van der Waals surface area contributed by atoms with Gasteiger partial charge in [-0.25, -0.2) is 0 Å². The summed E-state index contributed by atoms with van der Waals surface area (Å²) in [6, 6.07) is 16.5. The lowest BCUT2D eigenvalue weighted by Crippen LogP contribution is -2.43. The molecular weight excluding hydrogens is 396 g/mol. The number of nitrogens with one attached hydrogen (secondary N) is 2. The van der Waals surface area contributed by atoms with Crippen molar-refractivity contribution in [2.45, 2.75) is 45.6 Å². The molecule has 162 valence electrons. The summed E-state index contributed by atoms with van der Waals surface area (Å²) in [6.45, 7) is 8.86. The van der Waals surface area contributed by atoms with Crippen LogP contribution in [0.3, 0.4) is 0 Å². The first-order valence-corrected chi connectivity index (χ1v) is 10.7. The molecule has 1 aliphatic carbocycles. The zero-order chi connectivity index (χ0) is 20.3. The fourth-order valence-corrected chi connectivity index (χ4v) is 3.80. The van der Waals surface area contributed by atoms with Gasteiger partial charge in [0.05, 0.1) is 6.61 Å². The molecule has 1 fully saturated rings. The summed E-state index contributed by atoms with van der Waals surface area (Å²) in [5.74, 6) is 2.42. The third-order valence-corrected chi connectivity index (χ3v) is 5.63. The van der Waals surface area contributed by atoms with Crippen LogP contribution in [0.25, 0.3) is 10.9 Å². The Morgan fingerprint density at radius 2 is 1.67 bits per heavy atom. The first kappa shape index (κ1) is 22.5. The van der Waals surface area contributed by atoms with Gasteiger partial charge in [-0.1, -0.05) is 30.3 Å². The zero-order valence-corrected chi connectivity index (χ0v) is 19.0. The second-order valence-corrected chi connectivity index (χ2v) is 8.81. The molecule has 0 aliphatic heterocycles. The van der Waals surface area contributed by atoms with Crippen LogP contribution in [0.1, 0.15) is 37.9 Å². The Labute approximate surface area is 185 Å². The second-order valence-electron chi connectivity index (χ2n) is 8.81. The van der Waals surface area contributed by atoms with E-state index in [0.29, 0.717) is 6.61 Å². The van der Waals surface area contributed by atoms with Crippen molar-refractivity contribution in [2.24, 2.45) is 5.92 Å². The van der Waals surface area contributed by atoms with Crippen LogP contribution in [0, 0.1) is 12.8 Å². The molecule has 2 aromatic carbocycles. The van der Waals surface area contributed by atoms with Gasteiger partial charge in [0.1, 0.15) is 6.61 Å². The third-order valence-electron chi connectivity index (χ3n) is 5.63. The highest BCUT2D eigenvalue weighted by molar-refractivity contribution is 5.85. The van der Waals surface area contributed by atoms with E-state index >= 15 is 0 Å². The van der Waals surface area contributed by atoms with Crippen molar-refractivity contribution in [1.29, 1.82) is 0 Å². The molecule has 1 heterocycles. The number of aromatic amines is 1. The number of benzene rings is 2. The van der Waals surface area contributed by atoms with Crippen molar-refractivity contribution in [3.8, 4) is 11.5 Å². The lowest BCUT2D eigenvalue weighted by Gasteiger charge is -2.27. The largest absolute Gasteiger partial charge is 0.489 e. The van der Waals surface area contributed by atoms with Gasteiger partial charge in [-0.3, -0.25) is 0 Å². The number of H-pyrrole nitrogens is 1. The Hall–Kier alpha value is -2.17. The molecule has 0 bridgehead atoms. The second kappa shape index (κ2) is 9.76. The van der Waals surface area contributed by atoms with Gasteiger partial charge in [0, 0.05) is 28.7 Å². The maximum atomic E-state index is 6.02. The molecule has 0 spiro atoms. The molecule has 0 saturated heterocycles. The Bertz CT molecular complexity index is 963. The first-order chi connectivity index (χ1) is 14.0. The molecule has 1 aliphatic rings. The fourth-order valence-electron chi connectivity index (χ4n) is 3.80. The van der Waals surface area contributed by atoms with Gasteiger partial charge in [-0.2, -0.15) is 0 Å². The molecule has 2 N–H and O–H groups in total. The number of hydrogen-bond acceptors (Lipinski definition) is 3. The van der Waals surface area contributed by atoms with Gasteiger partial charge in [-0.05, 0) is 69.7 Å². The van der Waals surface area contributed by atoms with Crippen LogP contribution in [-0.4, -0.2) is 30.3 Å². The average Bonchev–Trinajstić information content (AvgIpc) is 3.49. The monoisotopic (exact) mass is 428 g/mol. The highest BCUT2D eigenvalue weighted by Crippen LogP contribution is 2.32. The van der Waals surface area contributed by atoms with Crippen molar-refractivity contribution in [1.82, 2.24) is 10.3 Å². The van der Waals surface area contributed by atoms with Crippen LogP contribution < -0.4 is 14.8 Å². The molecule has 0 amide bonds. The quantitative estimate of drug-likeness (QED) is 0.408. The number of fused-ring (bicyclic) bond motifs is 1. The van der Waals surface area contributed by atoms with Crippen molar-refractivity contribution in [2.75, 3.05) is 19.8 Å². The van der Waals surface area contributed by atoms with Crippen molar-refractivity contribution in [3.05, 3.63) is 59.8 Å². The summed E-state index contributed by atoms with van der Waals surface area (Å²) in [5.41, 5.74) is 3.82. The minimum absolute atomic E-state index is 0. The van der Waals surface area contributed by atoms with E-state index in [1.807, 2.05) is 24.3 Å². The lowest BCUT2D eigenvalue weighted by molar-refractivity contribution is 0.250. The predicted molar refractivity (Wildman–Crippen MR) is 126 cm³/mol. The molecule has 5 heteroatoms. The van der Waals surface area contributed by atoms with E-state index in [2.05, 4.69) is 55.3 Å². The highest BCUT2D eigenvalue weighted by Gasteiger charge is 2.23. The Morgan fingerprint density at radius 1 is 1.00 bits per heavy atom. The van der Waals surface area contributed by atoms with E-state index in [9.17, 15) is 0 Å². The number of para-hydroxylation sites is 3. The predicted octanol–water partition coefficient (Wildman–Crippen LogP) is 5.68. The summed E-state index contributed by atoms with van der Waals surface area (Å²) < 4.78 is 12.0. The minimum atomic E-state index is -0.0267. The standard InChI is InChI=1S/C25H32N2O2.ClH/c1-18-21(20-8-4-5-9-22(20)27-18)16-25(2,3)26-14-15-28-23-10-6-7-11-24(23)29-17-19-12-13-19;/h4-11,19,26-27H,12-17H2,1-3H3;1H. The first-order valence-electron chi connectivity index (χ1n) is 10.7. The van der Waals surface area contributed by atoms with Crippen molar-refractivity contribution in [3.63, 3.8) is 0 Å². The Morgan fingerprint density at radius 3 is 2.40 bits per heavy atom. The van der Waals surface area contributed by atoms with E-state index < -0.39 is 0 Å². The van der Waals surface area contributed by atoms with E-state index in [-0.39, 0.29) is 17.9 Å². The molecule has 0 radical (unpaired) electrons. The molecule has 1 aromatic heterocycles. The van der Waals surface area contributed by atoms with E-state index in [1.165, 1.54) is 35.0 Å². The molecule has 30 heavy (non-hydrogen) atoms. The third kappa shape index (κ3) is 5.71. The molecule has 3 aromatic rings.